The number of rotatable bonds is 8. The molecule has 12 heteroatoms. The van der Waals surface area contributed by atoms with Gasteiger partial charge in [0.2, 0.25) is 23.6 Å². The number of amides is 4. The molecule has 174 valence electrons. The van der Waals surface area contributed by atoms with Gasteiger partial charge in [-0.3, -0.25) is 23.9 Å². The summed E-state index contributed by atoms with van der Waals surface area (Å²) >= 11 is 0. The van der Waals surface area contributed by atoms with Gasteiger partial charge in [-0.15, -0.1) is 13.2 Å². The number of hydrogen-bond acceptors (Lipinski definition) is 5. The molecule has 3 rings (SSSR count). The van der Waals surface area contributed by atoms with Gasteiger partial charge in [-0.1, -0.05) is 13.8 Å². The lowest BCUT2D eigenvalue weighted by molar-refractivity contribution is -0.324. The first-order chi connectivity index (χ1) is 14.3. The highest BCUT2D eigenvalue weighted by atomic mass is 19.4. The van der Waals surface area contributed by atoms with Crippen molar-refractivity contribution in [1.29, 1.82) is 0 Å². The van der Waals surface area contributed by atoms with E-state index in [1.165, 1.54) is 4.90 Å². The summed E-state index contributed by atoms with van der Waals surface area (Å²) in [6, 6.07) is -2.01. The molecule has 0 radical (unpaired) electrons. The summed E-state index contributed by atoms with van der Waals surface area (Å²) in [6.07, 6.45) is -4.80. The number of ether oxygens (including phenoxy) is 1. The minimum atomic E-state index is -4.84. The summed E-state index contributed by atoms with van der Waals surface area (Å²) in [6.45, 7) is 3.78. The minimum Gasteiger partial charge on any atom is -0.368 e. The van der Waals surface area contributed by atoms with E-state index < -0.39 is 55.1 Å². The molecule has 0 aromatic rings. The Bertz CT molecular complexity index is 772. The van der Waals surface area contributed by atoms with Crippen LogP contribution in [0.15, 0.2) is 0 Å². The van der Waals surface area contributed by atoms with Crippen LogP contribution in [0.1, 0.15) is 33.1 Å². The van der Waals surface area contributed by atoms with Gasteiger partial charge in [0, 0.05) is 19.0 Å². The molecule has 0 spiro atoms. The number of halogens is 3. The quantitative estimate of drug-likeness (QED) is 0.477. The third-order valence-electron chi connectivity index (χ3n) is 6.72. The zero-order chi connectivity index (χ0) is 23.1. The predicted molar refractivity (Wildman–Crippen MR) is 99.7 cm³/mol. The van der Waals surface area contributed by atoms with Crippen molar-refractivity contribution in [3.8, 4) is 0 Å². The van der Waals surface area contributed by atoms with Crippen LogP contribution in [0.25, 0.3) is 0 Å². The second-order valence-electron chi connectivity index (χ2n) is 8.96. The maximum absolute atomic E-state index is 13.1. The molecule has 1 saturated carbocycles. The van der Waals surface area contributed by atoms with Crippen LogP contribution in [0.3, 0.4) is 0 Å². The van der Waals surface area contributed by atoms with Crippen molar-refractivity contribution in [2.24, 2.45) is 28.9 Å². The Kier molecular flexibility index (Phi) is 6.23. The van der Waals surface area contributed by atoms with Crippen LogP contribution < -0.4 is 16.4 Å². The van der Waals surface area contributed by atoms with Gasteiger partial charge in [-0.2, -0.15) is 0 Å². The molecule has 4 N–H and O–H groups in total. The van der Waals surface area contributed by atoms with Crippen molar-refractivity contribution in [2.45, 2.75) is 51.6 Å². The third kappa shape index (κ3) is 4.94. The smallest absolute Gasteiger partial charge is 0.368 e. The van der Waals surface area contributed by atoms with Crippen LogP contribution in [-0.4, -0.2) is 66.7 Å². The first kappa shape index (κ1) is 23.3. The van der Waals surface area contributed by atoms with Crippen molar-refractivity contribution in [3.63, 3.8) is 0 Å². The van der Waals surface area contributed by atoms with Crippen LogP contribution in [0.5, 0.6) is 0 Å². The number of likely N-dealkylation sites (tertiary alicyclic amines) is 1. The molecular formula is C19H27F3N4O5. The maximum atomic E-state index is 13.1. The van der Waals surface area contributed by atoms with Gasteiger partial charge >= 0.3 is 6.36 Å². The fraction of sp³-hybridized carbons (Fsp3) is 0.789. The number of nitrogens with two attached hydrogens (primary N) is 1. The standard InChI is InChI=1S/C19H27F3N4O5/c1-18(2)10-8-26(12(27)4-6-31-19(20,21)22)14(13(10)18)17(30)25-11(15(23)28)7-9-3-5-24-16(9)29/h9-11,13-14H,3-8H2,1-2H3,(H2,23,28)(H,24,29)(H,25,30)/t9-,10-,11-,13-,14-/m0/s1. The molecule has 0 aromatic heterocycles. The summed E-state index contributed by atoms with van der Waals surface area (Å²) in [4.78, 5) is 50.5. The molecule has 1 aliphatic carbocycles. The number of carbonyl (C=O) groups excluding carboxylic acids is 4. The molecule has 2 aliphatic heterocycles. The molecule has 4 amide bonds. The Morgan fingerprint density at radius 2 is 2.03 bits per heavy atom. The summed E-state index contributed by atoms with van der Waals surface area (Å²) in [5, 5.41) is 5.22. The Labute approximate surface area is 177 Å². The van der Waals surface area contributed by atoms with Crippen LogP contribution >= 0.6 is 0 Å². The molecule has 2 heterocycles. The number of carbonyl (C=O) groups is 4. The van der Waals surface area contributed by atoms with Crippen LogP contribution in [0.4, 0.5) is 13.2 Å². The maximum Gasteiger partial charge on any atom is 0.522 e. The van der Waals surface area contributed by atoms with E-state index in [1.54, 1.807) is 0 Å². The van der Waals surface area contributed by atoms with Gasteiger partial charge in [0.25, 0.3) is 0 Å². The Hall–Kier alpha value is -2.37. The van der Waals surface area contributed by atoms with E-state index in [4.69, 9.17) is 5.73 Å². The van der Waals surface area contributed by atoms with Gasteiger partial charge in [0.1, 0.15) is 12.1 Å². The Balaban J connectivity index is 1.67. The lowest BCUT2D eigenvalue weighted by Crippen LogP contribution is -2.55. The molecule has 9 nitrogen and oxygen atoms in total. The number of piperidine rings is 1. The summed E-state index contributed by atoms with van der Waals surface area (Å²) in [5.74, 6) is -2.83. The predicted octanol–water partition coefficient (Wildman–Crippen LogP) is -0.108. The molecule has 0 bridgehead atoms. The van der Waals surface area contributed by atoms with E-state index in [9.17, 15) is 32.3 Å². The average molecular weight is 448 g/mol. The molecular weight excluding hydrogens is 421 g/mol. The van der Waals surface area contributed by atoms with Gasteiger partial charge in [-0.25, -0.2) is 0 Å². The topological polar surface area (TPSA) is 131 Å². The van der Waals surface area contributed by atoms with Crippen molar-refractivity contribution in [3.05, 3.63) is 0 Å². The second kappa shape index (κ2) is 8.29. The van der Waals surface area contributed by atoms with E-state index in [1.807, 2.05) is 13.8 Å². The van der Waals surface area contributed by atoms with E-state index in [-0.39, 0.29) is 36.1 Å². The second-order valence-corrected chi connectivity index (χ2v) is 8.96. The fourth-order valence-electron chi connectivity index (χ4n) is 4.90. The molecule has 3 fully saturated rings. The van der Waals surface area contributed by atoms with E-state index in [2.05, 4.69) is 15.4 Å². The monoisotopic (exact) mass is 448 g/mol. The minimum absolute atomic E-state index is 0.0309. The highest BCUT2D eigenvalue weighted by molar-refractivity contribution is 5.93. The summed E-state index contributed by atoms with van der Waals surface area (Å²) < 4.78 is 40.2. The number of primary amides is 1. The normalized spacial score (nSPS) is 29.8. The number of hydrogen-bond donors (Lipinski definition) is 3. The molecule has 0 unspecified atom stereocenters. The van der Waals surface area contributed by atoms with E-state index in [0.29, 0.717) is 13.0 Å². The number of fused-ring (bicyclic) bond motifs is 1. The van der Waals surface area contributed by atoms with Gasteiger partial charge in [-0.05, 0) is 30.1 Å². The summed E-state index contributed by atoms with van der Waals surface area (Å²) in [5.41, 5.74) is 5.20. The largest absolute Gasteiger partial charge is 0.522 e. The SMILES string of the molecule is CC1(C)[C@@H]2[C@@H](C(=O)N[C@@H](C[C@@H]3CCNC3=O)C(N)=O)N(C(=O)CCOC(F)(F)F)C[C@@H]21. The van der Waals surface area contributed by atoms with Crippen molar-refractivity contribution < 1.29 is 37.1 Å². The molecule has 3 aliphatic rings. The zero-order valence-corrected chi connectivity index (χ0v) is 17.3. The van der Waals surface area contributed by atoms with E-state index in [0.717, 1.165) is 0 Å². The average Bonchev–Trinajstić information content (AvgIpc) is 3.00. The zero-order valence-electron chi connectivity index (χ0n) is 17.3. The summed E-state index contributed by atoms with van der Waals surface area (Å²) in [7, 11) is 0. The molecule has 5 atom stereocenters. The van der Waals surface area contributed by atoms with Crippen LogP contribution in [0.2, 0.25) is 0 Å². The van der Waals surface area contributed by atoms with Gasteiger partial charge in [0.15, 0.2) is 0 Å². The van der Waals surface area contributed by atoms with Crippen molar-refractivity contribution in [1.82, 2.24) is 15.5 Å². The number of nitrogens with zero attached hydrogens (tertiary/aromatic N) is 1. The fourth-order valence-corrected chi connectivity index (χ4v) is 4.90. The van der Waals surface area contributed by atoms with Gasteiger partial charge in [0.05, 0.1) is 13.0 Å². The van der Waals surface area contributed by atoms with Crippen LogP contribution in [-0.2, 0) is 23.9 Å². The third-order valence-corrected chi connectivity index (χ3v) is 6.72. The first-order valence-electron chi connectivity index (χ1n) is 10.2. The Morgan fingerprint density at radius 1 is 1.35 bits per heavy atom. The van der Waals surface area contributed by atoms with Crippen LogP contribution in [0, 0.1) is 23.2 Å². The lowest BCUT2D eigenvalue weighted by Gasteiger charge is -2.31. The number of nitrogens with one attached hydrogen (secondary N) is 2. The van der Waals surface area contributed by atoms with Crippen molar-refractivity contribution >= 4 is 23.6 Å². The molecule has 2 saturated heterocycles. The Morgan fingerprint density at radius 3 is 2.58 bits per heavy atom. The van der Waals surface area contributed by atoms with E-state index >= 15 is 0 Å². The molecule has 31 heavy (non-hydrogen) atoms. The first-order valence-corrected chi connectivity index (χ1v) is 10.2. The number of alkyl halides is 3. The lowest BCUT2D eigenvalue weighted by atomic mass is 9.96. The molecule has 0 aromatic carbocycles. The van der Waals surface area contributed by atoms with Gasteiger partial charge < -0.3 is 21.3 Å². The van der Waals surface area contributed by atoms with Crippen molar-refractivity contribution in [2.75, 3.05) is 19.7 Å². The highest BCUT2D eigenvalue weighted by Gasteiger charge is 2.69. The highest BCUT2D eigenvalue weighted by Crippen LogP contribution is 2.64.